The molecule has 3 aromatic rings. The van der Waals surface area contributed by atoms with Gasteiger partial charge in [-0.3, -0.25) is 14.2 Å². The molecule has 29 heavy (non-hydrogen) atoms. The largest absolute Gasteiger partial charge is 0.338 e. The quantitative estimate of drug-likeness (QED) is 0.621. The highest BCUT2D eigenvalue weighted by Gasteiger charge is 2.25. The molecule has 0 aliphatic heterocycles. The van der Waals surface area contributed by atoms with Gasteiger partial charge in [0, 0.05) is 23.5 Å². The van der Waals surface area contributed by atoms with E-state index in [9.17, 15) is 14.0 Å². The predicted octanol–water partition coefficient (Wildman–Crippen LogP) is 4.45. The van der Waals surface area contributed by atoms with Crippen molar-refractivity contribution in [3.63, 3.8) is 0 Å². The van der Waals surface area contributed by atoms with Crippen LogP contribution in [0.3, 0.4) is 0 Å². The van der Waals surface area contributed by atoms with E-state index in [1.165, 1.54) is 40.8 Å². The van der Waals surface area contributed by atoms with Crippen LogP contribution >= 0.6 is 11.3 Å². The molecule has 1 aliphatic carbocycles. The fraction of sp³-hybridized carbons (Fsp3) is 0.409. The maximum absolute atomic E-state index is 13.3. The van der Waals surface area contributed by atoms with Crippen LogP contribution in [0.2, 0.25) is 0 Å². The lowest BCUT2D eigenvalue weighted by Crippen LogP contribution is -2.44. The molecule has 5 nitrogen and oxygen atoms in total. The normalized spacial score (nSPS) is 15.0. The lowest BCUT2D eigenvalue weighted by molar-refractivity contribution is -0.134. The van der Waals surface area contributed by atoms with Gasteiger partial charge in [-0.1, -0.05) is 31.4 Å². The fourth-order valence-electron chi connectivity index (χ4n) is 4.19. The van der Waals surface area contributed by atoms with E-state index in [0.29, 0.717) is 16.8 Å². The number of aromatic nitrogens is 2. The average molecular weight is 414 g/mol. The third kappa shape index (κ3) is 3.96. The highest BCUT2D eigenvalue weighted by atomic mass is 32.1. The maximum atomic E-state index is 13.3. The van der Waals surface area contributed by atoms with E-state index in [-0.39, 0.29) is 29.9 Å². The molecule has 0 radical (unpaired) electrons. The summed E-state index contributed by atoms with van der Waals surface area (Å²) in [4.78, 5) is 33.0. The van der Waals surface area contributed by atoms with Crippen molar-refractivity contribution < 1.29 is 9.18 Å². The molecule has 2 heterocycles. The van der Waals surface area contributed by atoms with Gasteiger partial charge in [-0.25, -0.2) is 9.37 Å². The first-order chi connectivity index (χ1) is 14.1. The van der Waals surface area contributed by atoms with Gasteiger partial charge in [0.2, 0.25) is 5.91 Å². The molecule has 0 unspecified atom stereocenters. The number of nitrogens with zero attached hydrogens (tertiary/aromatic N) is 3. The smallest absolute Gasteiger partial charge is 0.263 e. The van der Waals surface area contributed by atoms with Gasteiger partial charge >= 0.3 is 0 Å². The lowest BCUT2D eigenvalue weighted by Gasteiger charge is -2.33. The Kier molecular flexibility index (Phi) is 5.76. The van der Waals surface area contributed by atoms with E-state index in [1.807, 2.05) is 17.2 Å². The van der Waals surface area contributed by atoms with Crippen LogP contribution in [-0.4, -0.2) is 32.9 Å². The molecule has 1 fully saturated rings. The van der Waals surface area contributed by atoms with Crippen molar-refractivity contribution in [2.24, 2.45) is 0 Å². The third-order valence-electron chi connectivity index (χ3n) is 5.70. The molecule has 0 saturated heterocycles. The molecule has 152 valence electrons. The zero-order valence-corrected chi connectivity index (χ0v) is 17.3. The Balaban J connectivity index is 1.65. The van der Waals surface area contributed by atoms with Gasteiger partial charge in [0.15, 0.2) is 0 Å². The number of hydrogen-bond acceptors (Lipinski definition) is 4. The molecular formula is C22H24FN3O2S. The van der Waals surface area contributed by atoms with Crippen molar-refractivity contribution in [3.8, 4) is 11.1 Å². The molecule has 1 aromatic carbocycles. The molecular weight excluding hydrogens is 389 g/mol. The highest BCUT2D eigenvalue weighted by molar-refractivity contribution is 7.17. The average Bonchev–Trinajstić information content (AvgIpc) is 3.17. The van der Waals surface area contributed by atoms with Gasteiger partial charge in [-0.05, 0) is 37.5 Å². The molecule has 4 rings (SSSR count). The maximum Gasteiger partial charge on any atom is 0.263 e. The van der Waals surface area contributed by atoms with Crippen LogP contribution in [0, 0.1) is 5.82 Å². The van der Waals surface area contributed by atoms with E-state index < -0.39 is 0 Å². The molecule has 0 bridgehead atoms. The molecule has 0 N–H and O–H groups in total. The van der Waals surface area contributed by atoms with Gasteiger partial charge in [0.05, 0.1) is 11.7 Å². The third-order valence-corrected chi connectivity index (χ3v) is 6.58. The van der Waals surface area contributed by atoms with Crippen LogP contribution in [0.5, 0.6) is 0 Å². The number of likely N-dealkylation sites (N-methyl/N-ethyl adjacent to an activating group) is 1. The van der Waals surface area contributed by atoms with Gasteiger partial charge in [0.1, 0.15) is 17.2 Å². The van der Waals surface area contributed by atoms with Crippen LogP contribution in [0.1, 0.15) is 39.0 Å². The number of fused-ring (bicyclic) bond motifs is 1. The Morgan fingerprint density at radius 3 is 2.66 bits per heavy atom. The van der Waals surface area contributed by atoms with Gasteiger partial charge in [-0.15, -0.1) is 11.3 Å². The number of carbonyl (C=O) groups is 1. The van der Waals surface area contributed by atoms with Crippen molar-refractivity contribution in [2.45, 2.75) is 51.6 Å². The Bertz CT molecular complexity index is 1070. The second-order valence-electron chi connectivity index (χ2n) is 7.49. The van der Waals surface area contributed by atoms with E-state index in [4.69, 9.17) is 0 Å². The van der Waals surface area contributed by atoms with E-state index in [0.717, 1.165) is 36.8 Å². The molecule has 1 saturated carbocycles. The van der Waals surface area contributed by atoms with E-state index >= 15 is 0 Å². The highest BCUT2D eigenvalue weighted by Crippen LogP contribution is 2.30. The second-order valence-corrected chi connectivity index (χ2v) is 8.34. The number of hydrogen-bond donors (Lipinski definition) is 0. The molecule has 7 heteroatoms. The van der Waals surface area contributed by atoms with Gasteiger partial charge < -0.3 is 4.90 Å². The fourth-order valence-corrected chi connectivity index (χ4v) is 5.10. The molecule has 2 aromatic heterocycles. The Morgan fingerprint density at radius 1 is 1.24 bits per heavy atom. The number of halogens is 1. The molecule has 0 spiro atoms. The van der Waals surface area contributed by atoms with Crippen molar-refractivity contribution in [1.82, 2.24) is 14.5 Å². The van der Waals surface area contributed by atoms with E-state index in [2.05, 4.69) is 4.98 Å². The Hall–Kier alpha value is -2.54. The van der Waals surface area contributed by atoms with Crippen molar-refractivity contribution in [2.75, 3.05) is 6.54 Å². The Morgan fingerprint density at radius 2 is 1.97 bits per heavy atom. The summed E-state index contributed by atoms with van der Waals surface area (Å²) in [6, 6.07) is 6.33. The summed E-state index contributed by atoms with van der Waals surface area (Å²) in [5.41, 5.74) is 1.26. The standard InChI is InChI=1S/C22H24FN3O2S/c1-2-26(17-6-4-3-5-7-17)19(27)12-25-14-24-21-20(22(25)28)18(13-29-21)15-8-10-16(23)11-9-15/h8-11,13-14,17H,2-7,12H2,1H3. The molecule has 1 amide bonds. The predicted molar refractivity (Wildman–Crippen MR) is 114 cm³/mol. The monoisotopic (exact) mass is 413 g/mol. The second kappa shape index (κ2) is 8.45. The number of rotatable bonds is 5. The zero-order valence-electron chi connectivity index (χ0n) is 16.4. The Labute approximate surface area is 172 Å². The first-order valence-corrected chi connectivity index (χ1v) is 11.0. The van der Waals surface area contributed by atoms with Gasteiger partial charge in [-0.2, -0.15) is 0 Å². The van der Waals surface area contributed by atoms with Gasteiger partial charge in [0.25, 0.3) is 5.56 Å². The minimum atomic E-state index is -0.322. The molecule has 0 atom stereocenters. The van der Waals surface area contributed by atoms with Crippen molar-refractivity contribution in [1.29, 1.82) is 0 Å². The van der Waals surface area contributed by atoms with Crippen molar-refractivity contribution in [3.05, 3.63) is 52.1 Å². The first-order valence-electron chi connectivity index (χ1n) is 10.1. The van der Waals surface area contributed by atoms with Crippen LogP contribution in [0.4, 0.5) is 4.39 Å². The summed E-state index contributed by atoms with van der Waals surface area (Å²) in [7, 11) is 0. The summed E-state index contributed by atoms with van der Waals surface area (Å²) in [5, 5.41) is 2.34. The number of amides is 1. The summed E-state index contributed by atoms with van der Waals surface area (Å²) in [6.45, 7) is 2.63. The number of benzene rings is 1. The van der Waals surface area contributed by atoms with Crippen LogP contribution in [0.15, 0.2) is 40.8 Å². The minimum absolute atomic E-state index is 0.00911. The van der Waals surface area contributed by atoms with Crippen LogP contribution < -0.4 is 5.56 Å². The number of thiophene rings is 1. The molecule has 1 aliphatic rings. The SMILES string of the molecule is CCN(C(=O)Cn1cnc2scc(-c3ccc(F)cc3)c2c1=O)C1CCCCC1. The number of carbonyl (C=O) groups excluding carboxylic acids is 1. The summed E-state index contributed by atoms with van der Waals surface area (Å²) in [6.07, 6.45) is 7.06. The minimum Gasteiger partial charge on any atom is -0.338 e. The topological polar surface area (TPSA) is 55.2 Å². The summed E-state index contributed by atoms with van der Waals surface area (Å²) >= 11 is 1.37. The van der Waals surface area contributed by atoms with Crippen LogP contribution in [-0.2, 0) is 11.3 Å². The zero-order chi connectivity index (χ0) is 20.4. The van der Waals surface area contributed by atoms with Crippen LogP contribution in [0.25, 0.3) is 21.3 Å². The lowest BCUT2D eigenvalue weighted by atomic mass is 9.94. The first kappa shape index (κ1) is 19.8. The van der Waals surface area contributed by atoms with Crippen molar-refractivity contribution >= 4 is 27.5 Å². The summed E-state index contributed by atoms with van der Waals surface area (Å²) in [5.74, 6) is -0.363. The van der Waals surface area contributed by atoms with E-state index in [1.54, 1.807) is 12.1 Å². The summed E-state index contributed by atoms with van der Waals surface area (Å²) < 4.78 is 14.7.